The number of nitrogens with zero attached hydrogens (tertiary/aromatic N) is 3. The van der Waals surface area contributed by atoms with Gasteiger partial charge in [0.2, 0.25) is 5.75 Å². The Balaban J connectivity index is 1.72. The van der Waals surface area contributed by atoms with Gasteiger partial charge in [-0.05, 0) is 78.9 Å². The van der Waals surface area contributed by atoms with Crippen molar-refractivity contribution in [3.05, 3.63) is 84.7 Å². The molecule has 0 aliphatic heterocycles. The number of amides is 1. The summed E-state index contributed by atoms with van der Waals surface area (Å²) in [4.78, 5) is 22.6. The number of carbonyl (C=O) groups is 1. The maximum atomic E-state index is 12.3. The summed E-state index contributed by atoms with van der Waals surface area (Å²) in [5, 5.41) is 24.5. The van der Waals surface area contributed by atoms with Gasteiger partial charge < -0.3 is 9.67 Å². The number of aromatic nitrogens is 1. The van der Waals surface area contributed by atoms with E-state index in [0.29, 0.717) is 14.7 Å². The van der Waals surface area contributed by atoms with Gasteiger partial charge in [-0.2, -0.15) is 5.10 Å². The molecule has 2 aromatic carbocycles. The quantitative estimate of drug-likeness (QED) is 0.236. The summed E-state index contributed by atoms with van der Waals surface area (Å²) in [7, 11) is 0. The maximum absolute atomic E-state index is 12.3. The number of nitro benzene ring substituents is 1. The van der Waals surface area contributed by atoms with Gasteiger partial charge in [0.1, 0.15) is 0 Å². The van der Waals surface area contributed by atoms with Gasteiger partial charge in [-0.1, -0.05) is 0 Å². The minimum atomic E-state index is -0.677. The van der Waals surface area contributed by atoms with E-state index in [2.05, 4.69) is 15.1 Å². The van der Waals surface area contributed by atoms with Gasteiger partial charge in [-0.15, -0.1) is 0 Å². The van der Waals surface area contributed by atoms with E-state index < -0.39 is 22.3 Å². The molecule has 0 saturated heterocycles. The first-order valence-corrected chi connectivity index (χ1v) is 9.61. The van der Waals surface area contributed by atoms with Crippen LogP contribution in [0.25, 0.3) is 5.69 Å². The maximum Gasteiger partial charge on any atom is 0.312 e. The molecule has 8 nitrogen and oxygen atoms in total. The Morgan fingerprint density at radius 1 is 1.17 bits per heavy atom. The fraction of sp³-hybridized carbons (Fsp3) is 0.100. The Kier molecular flexibility index (Phi) is 5.97. The van der Waals surface area contributed by atoms with Crippen molar-refractivity contribution in [3.8, 4) is 11.4 Å². The van der Waals surface area contributed by atoms with Crippen LogP contribution in [0.2, 0.25) is 0 Å². The highest BCUT2D eigenvalue weighted by molar-refractivity contribution is 14.1. The molecule has 0 radical (unpaired) electrons. The topological polar surface area (TPSA) is 110 Å². The Morgan fingerprint density at radius 3 is 2.38 bits per heavy atom. The van der Waals surface area contributed by atoms with E-state index in [9.17, 15) is 20.0 Å². The van der Waals surface area contributed by atoms with Crippen LogP contribution in [0.5, 0.6) is 5.75 Å². The molecule has 1 aromatic heterocycles. The highest BCUT2D eigenvalue weighted by Crippen LogP contribution is 2.31. The molecule has 1 amide bonds. The Morgan fingerprint density at radius 2 is 1.79 bits per heavy atom. The summed E-state index contributed by atoms with van der Waals surface area (Å²) in [6.45, 7) is 4.02. The number of aryl methyl sites for hydroxylation is 2. The molecular weight excluding hydrogens is 487 g/mol. The van der Waals surface area contributed by atoms with Crippen molar-refractivity contribution >= 4 is 40.4 Å². The van der Waals surface area contributed by atoms with Crippen molar-refractivity contribution in [2.75, 3.05) is 0 Å². The molecule has 3 rings (SSSR count). The SMILES string of the molecule is Cc1ccc(C)n1-c1ccc(C(=O)N/N=C/c2cc(I)c(O)c([N+](=O)[O-])c2)cc1. The van der Waals surface area contributed by atoms with Crippen LogP contribution in [0.3, 0.4) is 0 Å². The number of hydrogen-bond donors (Lipinski definition) is 2. The van der Waals surface area contributed by atoms with Gasteiger partial charge in [0.05, 0.1) is 14.7 Å². The molecule has 0 aliphatic rings. The minimum Gasteiger partial charge on any atom is -0.501 e. The van der Waals surface area contributed by atoms with Crippen molar-refractivity contribution in [2.24, 2.45) is 5.10 Å². The van der Waals surface area contributed by atoms with E-state index >= 15 is 0 Å². The number of rotatable bonds is 5. The summed E-state index contributed by atoms with van der Waals surface area (Å²) < 4.78 is 2.40. The largest absolute Gasteiger partial charge is 0.501 e. The van der Waals surface area contributed by atoms with E-state index in [1.165, 1.54) is 18.3 Å². The number of aromatic hydroxyl groups is 1. The fourth-order valence-electron chi connectivity index (χ4n) is 2.89. The second-order valence-electron chi connectivity index (χ2n) is 6.33. The summed E-state index contributed by atoms with van der Waals surface area (Å²) in [5.41, 5.74) is 5.94. The molecule has 0 fully saturated rings. The van der Waals surface area contributed by atoms with Crippen molar-refractivity contribution in [1.29, 1.82) is 0 Å². The monoisotopic (exact) mass is 504 g/mol. The van der Waals surface area contributed by atoms with Gasteiger partial charge in [0.15, 0.2) is 0 Å². The molecule has 0 aliphatic carbocycles. The molecule has 2 N–H and O–H groups in total. The zero-order valence-electron chi connectivity index (χ0n) is 15.6. The number of phenolic OH excluding ortho intramolecular Hbond substituents is 1. The molecule has 0 atom stereocenters. The lowest BCUT2D eigenvalue weighted by molar-refractivity contribution is -0.386. The molecule has 0 spiro atoms. The van der Waals surface area contributed by atoms with Crippen LogP contribution in [-0.2, 0) is 0 Å². The van der Waals surface area contributed by atoms with Crippen molar-refractivity contribution in [1.82, 2.24) is 9.99 Å². The van der Waals surface area contributed by atoms with Crippen LogP contribution in [0, 0.1) is 27.5 Å². The van der Waals surface area contributed by atoms with Crippen LogP contribution in [0.1, 0.15) is 27.3 Å². The number of halogens is 1. The lowest BCUT2D eigenvalue weighted by Crippen LogP contribution is -2.17. The lowest BCUT2D eigenvalue weighted by Gasteiger charge is -2.10. The van der Waals surface area contributed by atoms with E-state index in [1.54, 1.807) is 34.7 Å². The third kappa shape index (κ3) is 4.45. The minimum absolute atomic E-state index is 0.316. The third-order valence-electron chi connectivity index (χ3n) is 4.30. The van der Waals surface area contributed by atoms with Gasteiger partial charge >= 0.3 is 5.69 Å². The Hall–Kier alpha value is -3.21. The van der Waals surface area contributed by atoms with Gasteiger partial charge in [0.25, 0.3) is 5.91 Å². The molecular formula is C20H17IN4O4. The first kappa shape index (κ1) is 20.5. The van der Waals surface area contributed by atoms with Crippen molar-refractivity contribution in [3.63, 3.8) is 0 Å². The Bertz CT molecular complexity index is 1100. The van der Waals surface area contributed by atoms with E-state index in [-0.39, 0.29) is 0 Å². The number of hydrogen-bond acceptors (Lipinski definition) is 5. The van der Waals surface area contributed by atoms with E-state index in [1.807, 2.05) is 38.1 Å². The van der Waals surface area contributed by atoms with Crippen LogP contribution in [-0.4, -0.2) is 26.7 Å². The molecule has 9 heteroatoms. The lowest BCUT2D eigenvalue weighted by atomic mass is 10.2. The second kappa shape index (κ2) is 8.43. The zero-order chi connectivity index (χ0) is 21.1. The first-order chi connectivity index (χ1) is 13.8. The van der Waals surface area contributed by atoms with Gasteiger partial charge in [-0.3, -0.25) is 14.9 Å². The number of phenols is 1. The van der Waals surface area contributed by atoms with Crippen LogP contribution < -0.4 is 5.43 Å². The number of benzene rings is 2. The molecule has 0 saturated carbocycles. The normalized spacial score (nSPS) is 11.0. The van der Waals surface area contributed by atoms with Crippen LogP contribution in [0.4, 0.5) is 5.69 Å². The second-order valence-corrected chi connectivity index (χ2v) is 7.49. The number of carbonyl (C=O) groups excluding carboxylic acids is 1. The standard InChI is InChI=1S/C20H17IN4O4/c1-12-3-4-13(2)24(12)16-7-5-15(6-8-16)20(27)23-22-11-14-9-17(21)19(26)18(10-14)25(28)29/h3-11,26H,1-2H3,(H,23,27)/b22-11+. The zero-order valence-corrected chi connectivity index (χ0v) is 17.7. The summed E-state index contributed by atoms with van der Waals surface area (Å²) >= 11 is 1.79. The highest BCUT2D eigenvalue weighted by Gasteiger charge is 2.17. The predicted molar refractivity (Wildman–Crippen MR) is 118 cm³/mol. The Labute approximate surface area is 180 Å². The van der Waals surface area contributed by atoms with E-state index in [0.717, 1.165) is 17.1 Å². The van der Waals surface area contributed by atoms with E-state index in [4.69, 9.17) is 0 Å². The number of nitrogens with one attached hydrogen (secondary N) is 1. The molecule has 148 valence electrons. The predicted octanol–water partition coefficient (Wildman–Crippen LogP) is 4.08. The fourth-order valence-corrected chi connectivity index (χ4v) is 3.52. The average Bonchev–Trinajstić information content (AvgIpc) is 3.02. The van der Waals surface area contributed by atoms with Gasteiger partial charge in [0, 0.05) is 34.3 Å². The molecule has 3 aromatic rings. The smallest absolute Gasteiger partial charge is 0.312 e. The molecule has 0 bridgehead atoms. The number of nitro groups is 1. The molecule has 0 unspecified atom stereocenters. The summed E-state index contributed by atoms with van der Waals surface area (Å²) in [6.07, 6.45) is 1.29. The van der Waals surface area contributed by atoms with Gasteiger partial charge in [-0.25, -0.2) is 5.43 Å². The van der Waals surface area contributed by atoms with Crippen LogP contribution in [0.15, 0.2) is 53.6 Å². The summed E-state index contributed by atoms with van der Waals surface area (Å²) in [5.74, 6) is -0.804. The molecule has 29 heavy (non-hydrogen) atoms. The van der Waals surface area contributed by atoms with Crippen molar-refractivity contribution < 1.29 is 14.8 Å². The highest BCUT2D eigenvalue weighted by atomic mass is 127. The van der Waals surface area contributed by atoms with Crippen LogP contribution >= 0.6 is 22.6 Å². The molecule has 1 heterocycles. The third-order valence-corrected chi connectivity index (χ3v) is 5.12. The summed E-state index contributed by atoms with van der Waals surface area (Å²) in [6, 6.07) is 13.9. The first-order valence-electron chi connectivity index (χ1n) is 8.53. The average molecular weight is 504 g/mol. The van der Waals surface area contributed by atoms with Crippen molar-refractivity contribution in [2.45, 2.75) is 13.8 Å². The number of hydrazone groups is 1.